The number of Topliss-reactive ketones (excluding diaryl/α,β-unsaturated/α-hetero) is 1. The highest BCUT2D eigenvalue weighted by atomic mass is 19.1. The standard InChI is InChI=1S/C15H11F2NO2/c16-10-7-15(20)11(17)6-9(10)13-5-4-8-12(18-13)2-1-3-14(8)19/h4-7,20H,1-3H2. The minimum Gasteiger partial charge on any atom is -0.505 e. The van der Waals surface area contributed by atoms with E-state index in [1.807, 2.05) is 0 Å². The predicted octanol–water partition coefficient (Wildman–Crippen LogP) is 3.25. The van der Waals surface area contributed by atoms with Crippen LogP contribution in [0.4, 0.5) is 8.78 Å². The van der Waals surface area contributed by atoms with Crippen LogP contribution >= 0.6 is 0 Å². The van der Waals surface area contributed by atoms with Gasteiger partial charge < -0.3 is 5.11 Å². The molecule has 0 amide bonds. The second-order valence-electron chi connectivity index (χ2n) is 4.75. The molecule has 0 spiro atoms. The largest absolute Gasteiger partial charge is 0.505 e. The molecule has 1 aliphatic rings. The van der Waals surface area contributed by atoms with Gasteiger partial charge in [-0.25, -0.2) is 8.78 Å². The second kappa shape index (κ2) is 4.67. The van der Waals surface area contributed by atoms with Gasteiger partial charge >= 0.3 is 0 Å². The van der Waals surface area contributed by atoms with Crippen molar-refractivity contribution in [1.29, 1.82) is 0 Å². The molecule has 0 fully saturated rings. The summed E-state index contributed by atoms with van der Waals surface area (Å²) in [6, 6.07) is 4.72. The van der Waals surface area contributed by atoms with Crippen molar-refractivity contribution < 1.29 is 18.7 Å². The first-order chi connectivity index (χ1) is 9.56. The Morgan fingerprint density at radius 3 is 2.65 bits per heavy atom. The summed E-state index contributed by atoms with van der Waals surface area (Å²) in [5, 5.41) is 9.12. The number of halogens is 2. The molecule has 102 valence electrons. The molecule has 0 saturated carbocycles. The van der Waals surface area contributed by atoms with Crippen molar-refractivity contribution in [3.05, 3.63) is 47.2 Å². The fraction of sp³-hybridized carbons (Fsp3) is 0.200. The van der Waals surface area contributed by atoms with E-state index in [1.165, 1.54) is 6.07 Å². The predicted molar refractivity (Wildman–Crippen MR) is 68.5 cm³/mol. The summed E-state index contributed by atoms with van der Waals surface area (Å²) < 4.78 is 27.1. The van der Waals surface area contributed by atoms with E-state index in [0.717, 1.165) is 12.1 Å². The molecule has 0 atom stereocenters. The lowest BCUT2D eigenvalue weighted by atomic mass is 9.94. The molecule has 1 N–H and O–H groups in total. The van der Waals surface area contributed by atoms with Crippen LogP contribution in [0.5, 0.6) is 5.75 Å². The number of hydrogen-bond donors (Lipinski definition) is 1. The van der Waals surface area contributed by atoms with Crippen molar-refractivity contribution in [2.24, 2.45) is 0 Å². The highest BCUT2D eigenvalue weighted by Crippen LogP contribution is 2.29. The van der Waals surface area contributed by atoms with Gasteiger partial charge in [0, 0.05) is 23.6 Å². The zero-order valence-corrected chi connectivity index (χ0v) is 10.5. The summed E-state index contributed by atoms with van der Waals surface area (Å²) in [6.45, 7) is 0. The van der Waals surface area contributed by atoms with Gasteiger partial charge in [-0.15, -0.1) is 0 Å². The number of fused-ring (bicyclic) bond motifs is 1. The summed E-state index contributed by atoms with van der Waals surface area (Å²) in [4.78, 5) is 15.9. The third kappa shape index (κ3) is 2.05. The summed E-state index contributed by atoms with van der Waals surface area (Å²) in [7, 11) is 0. The van der Waals surface area contributed by atoms with E-state index in [9.17, 15) is 13.6 Å². The van der Waals surface area contributed by atoms with Crippen LogP contribution < -0.4 is 0 Å². The van der Waals surface area contributed by atoms with Gasteiger partial charge in [0.05, 0.1) is 11.4 Å². The Hall–Kier alpha value is -2.30. The number of phenols is 1. The van der Waals surface area contributed by atoms with Gasteiger partial charge in [-0.3, -0.25) is 9.78 Å². The molecule has 0 unspecified atom stereocenters. The molecule has 5 heteroatoms. The summed E-state index contributed by atoms with van der Waals surface area (Å²) in [5.41, 5.74) is 1.40. The van der Waals surface area contributed by atoms with E-state index in [0.29, 0.717) is 30.5 Å². The maximum atomic E-state index is 13.8. The van der Waals surface area contributed by atoms with Gasteiger partial charge in [-0.1, -0.05) is 0 Å². The lowest BCUT2D eigenvalue weighted by molar-refractivity contribution is 0.0971. The number of hydrogen-bond acceptors (Lipinski definition) is 3. The third-order valence-corrected chi connectivity index (χ3v) is 3.40. The summed E-state index contributed by atoms with van der Waals surface area (Å²) >= 11 is 0. The molecule has 0 radical (unpaired) electrons. The normalized spacial score (nSPS) is 14.2. The SMILES string of the molecule is O=C1CCCc2nc(-c3cc(F)c(O)cc3F)ccc21. The number of benzene rings is 1. The first-order valence-corrected chi connectivity index (χ1v) is 6.28. The maximum absolute atomic E-state index is 13.8. The Bertz CT molecular complexity index is 713. The number of rotatable bonds is 1. The number of pyridine rings is 1. The van der Waals surface area contributed by atoms with E-state index in [2.05, 4.69) is 4.98 Å². The number of aromatic nitrogens is 1. The van der Waals surface area contributed by atoms with Crippen molar-refractivity contribution >= 4 is 5.78 Å². The van der Waals surface area contributed by atoms with Gasteiger partial charge in [-0.05, 0) is 31.0 Å². The number of carbonyl (C=O) groups excluding carboxylic acids is 1. The van der Waals surface area contributed by atoms with Crippen LogP contribution in [0, 0.1) is 11.6 Å². The zero-order chi connectivity index (χ0) is 14.3. The molecule has 3 rings (SSSR count). The molecule has 20 heavy (non-hydrogen) atoms. The Morgan fingerprint density at radius 1 is 1.05 bits per heavy atom. The first-order valence-electron chi connectivity index (χ1n) is 6.28. The molecule has 0 bridgehead atoms. The van der Waals surface area contributed by atoms with Crippen molar-refractivity contribution in [3.63, 3.8) is 0 Å². The number of phenolic OH excluding ortho intramolecular Hbond substituents is 1. The smallest absolute Gasteiger partial charge is 0.165 e. The van der Waals surface area contributed by atoms with Gasteiger partial charge in [0.25, 0.3) is 0 Å². The highest BCUT2D eigenvalue weighted by Gasteiger charge is 2.20. The maximum Gasteiger partial charge on any atom is 0.165 e. The molecule has 3 nitrogen and oxygen atoms in total. The Labute approximate surface area is 113 Å². The third-order valence-electron chi connectivity index (χ3n) is 3.40. The van der Waals surface area contributed by atoms with Crippen LogP contribution in [0.25, 0.3) is 11.3 Å². The van der Waals surface area contributed by atoms with Gasteiger partial charge in [-0.2, -0.15) is 0 Å². The monoisotopic (exact) mass is 275 g/mol. The van der Waals surface area contributed by atoms with Crippen molar-refractivity contribution in [1.82, 2.24) is 4.98 Å². The summed E-state index contributed by atoms with van der Waals surface area (Å²) in [5.74, 6) is -2.36. The number of aryl methyl sites for hydroxylation is 1. The van der Waals surface area contributed by atoms with Crippen LogP contribution in [0.1, 0.15) is 28.9 Å². The van der Waals surface area contributed by atoms with Crippen LogP contribution in [-0.4, -0.2) is 15.9 Å². The van der Waals surface area contributed by atoms with E-state index in [1.54, 1.807) is 6.07 Å². The number of nitrogens with zero attached hydrogens (tertiary/aromatic N) is 1. The van der Waals surface area contributed by atoms with Crippen molar-refractivity contribution in [2.75, 3.05) is 0 Å². The molecule has 2 aromatic rings. The zero-order valence-electron chi connectivity index (χ0n) is 10.5. The minimum absolute atomic E-state index is 0.0267. The van der Waals surface area contributed by atoms with Crippen molar-refractivity contribution in [3.8, 4) is 17.0 Å². The van der Waals surface area contributed by atoms with Crippen LogP contribution in [0.3, 0.4) is 0 Å². The number of ketones is 1. The highest BCUT2D eigenvalue weighted by molar-refractivity contribution is 5.98. The van der Waals surface area contributed by atoms with Crippen LogP contribution in [0.15, 0.2) is 24.3 Å². The molecular weight excluding hydrogens is 264 g/mol. The number of carbonyl (C=O) groups is 1. The van der Waals surface area contributed by atoms with Crippen LogP contribution in [0.2, 0.25) is 0 Å². The minimum atomic E-state index is -0.906. The lowest BCUT2D eigenvalue weighted by Gasteiger charge is -2.15. The van der Waals surface area contributed by atoms with E-state index >= 15 is 0 Å². The Kier molecular flexibility index (Phi) is 2.97. The lowest BCUT2D eigenvalue weighted by Crippen LogP contribution is -2.12. The molecule has 0 saturated heterocycles. The van der Waals surface area contributed by atoms with Gasteiger partial charge in [0.2, 0.25) is 0 Å². The molecule has 0 aliphatic heterocycles. The van der Waals surface area contributed by atoms with Crippen molar-refractivity contribution in [2.45, 2.75) is 19.3 Å². The van der Waals surface area contributed by atoms with Gasteiger partial charge in [0.15, 0.2) is 17.3 Å². The molecule has 1 heterocycles. The van der Waals surface area contributed by atoms with E-state index < -0.39 is 17.4 Å². The first kappa shape index (κ1) is 12.7. The topological polar surface area (TPSA) is 50.2 Å². The Balaban J connectivity index is 2.12. The Morgan fingerprint density at radius 2 is 1.85 bits per heavy atom. The second-order valence-corrected chi connectivity index (χ2v) is 4.75. The number of aromatic hydroxyl groups is 1. The molecule has 1 aliphatic carbocycles. The fourth-order valence-corrected chi connectivity index (χ4v) is 2.38. The quantitative estimate of drug-likeness (QED) is 0.869. The fourth-order valence-electron chi connectivity index (χ4n) is 2.38. The van der Waals surface area contributed by atoms with Crippen LogP contribution in [-0.2, 0) is 6.42 Å². The molecule has 1 aromatic carbocycles. The van der Waals surface area contributed by atoms with Gasteiger partial charge in [0.1, 0.15) is 5.82 Å². The average molecular weight is 275 g/mol. The van der Waals surface area contributed by atoms with E-state index in [-0.39, 0.29) is 17.0 Å². The average Bonchev–Trinajstić information content (AvgIpc) is 2.43. The van der Waals surface area contributed by atoms with E-state index in [4.69, 9.17) is 5.11 Å². The molecule has 1 aromatic heterocycles. The summed E-state index contributed by atoms with van der Waals surface area (Å²) in [6.07, 6.45) is 1.86. The molecular formula is C15H11F2NO2.